The Morgan fingerprint density at radius 1 is 1.50 bits per heavy atom. The summed E-state index contributed by atoms with van der Waals surface area (Å²) in [7, 11) is 1.75. The van der Waals surface area contributed by atoms with E-state index in [4.69, 9.17) is 4.55 Å². The van der Waals surface area contributed by atoms with Crippen LogP contribution in [-0.4, -0.2) is 28.5 Å². The van der Waals surface area contributed by atoms with Crippen LogP contribution in [0.3, 0.4) is 0 Å². The van der Waals surface area contributed by atoms with E-state index in [1.54, 1.807) is 30.1 Å². The van der Waals surface area contributed by atoms with E-state index < -0.39 is 11.1 Å². The Bertz CT molecular complexity index is 511. The number of aromatic nitrogens is 4. The summed E-state index contributed by atoms with van der Waals surface area (Å²) in [6, 6.07) is 3.66. The monoisotopic (exact) mass is 238 g/mol. The second-order valence-corrected chi connectivity index (χ2v) is 4.14. The highest BCUT2D eigenvalue weighted by atomic mass is 32.2. The van der Waals surface area contributed by atoms with Crippen molar-refractivity contribution >= 4 is 11.1 Å². The van der Waals surface area contributed by atoms with Crippen LogP contribution in [0.15, 0.2) is 24.5 Å². The molecule has 7 heteroatoms. The van der Waals surface area contributed by atoms with Crippen molar-refractivity contribution < 1.29 is 8.76 Å². The largest absolute Gasteiger partial charge is 0.313 e. The highest BCUT2D eigenvalue weighted by Gasteiger charge is 2.11. The van der Waals surface area contributed by atoms with Crippen molar-refractivity contribution in [3.63, 3.8) is 0 Å². The lowest BCUT2D eigenvalue weighted by molar-refractivity contribution is 0.560. The first-order valence-corrected chi connectivity index (χ1v) is 5.82. The van der Waals surface area contributed by atoms with Gasteiger partial charge in [-0.15, -0.1) is 10.2 Å². The average molecular weight is 238 g/mol. The molecule has 0 spiro atoms. The average Bonchev–Trinajstić information content (AvgIpc) is 2.61. The quantitative estimate of drug-likeness (QED) is 0.792. The number of pyridine rings is 1. The number of rotatable bonds is 3. The van der Waals surface area contributed by atoms with Gasteiger partial charge >= 0.3 is 0 Å². The lowest BCUT2D eigenvalue weighted by Crippen LogP contribution is -2.03. The van der Waals surface area contributed by atoms with Gasteiger partial charge in [0.05, 0.1) is 0 Å². The predicted molar refractivity (Wildman–Crippen MR) is 58.7 cm³/mol. The van der Waals surface area contributed by atoms with Gasteiger partial charge in [0.1, 0.15) is 11.6 Å². The minimum absolute atomic E-state index is 0.0240. The van der Waals surface area contributed by atoms with Gasteiger partial charge in [-0.1, -0.05) is 0 Å². The van der Waals surface area contributed by atoms with Gasteiger partial charge in [-0.3, -0.25) is 4.98 Å². The maximum absolute atomic E-state index is 10.7. The lowest BCUT2D eigenvalue weighted by atomic mass is 10.3. The van der Waals surface area contributed by atoms with Gasteiger partial charge in [0.25, 0.3) is 0 Å². The van der Waals surface area contributed by atoms with Crippen molar-refractivity contribution in [1.82, 2.24) is 19.7 Å². The molecule has 0 bridgehead atoms. The highest BCUT2D eigenvalue weighted by molar-refractivity contribution is 7.78. The Hall–Kier alpha value is -1.60. The number of nitrogens with zero attached hydrogens (tertiary/aromatic N) is 4. The highest BCUT2D eigenvalue weighted by Crippen LogP contribution is 2.15. The van der Waals surface area contributed by atoms with E-state index in [2.05, 4.69) is 15.2 Å². The van der Waals surface area contributed by atoms with Crippen molar-refractivity contribution in [2.75, 3.05) is 0 Å². The molecule has 0 radical (unpaired) electrons. The molecule has 0 aromatic carbocycles. The summed E-state index contributed by atoms with van der Waals surface area (Å²) in [6.07, 6.45) is 3.34. The molecule has 16 heavy (non-hydrogen) atoms. The van der Waals surface area contributed by atoms with Crippen LogP contribution >= 0.6 is 0 Å². The Labute approximate surface area is 94.6 Å². The zero-order valence-corrected chi connectivity index (χ0v) is 9.39. The van der Waals surface area contributed by atoms with Crippen molar-refractivity contribution in [2.24, 2.45) is 7.05 Å². The molecule has 0 amide bonds. The fraction of sp³-hybridized carbons (Fsp3) is 0.222. The van der Waals surface area contributed by atoms with E-state index in [1.165, 1.54) is 0 Å². The van der Waals surface area contributed by atoms with Gasteiger partial charge in [-0.05, 0) is 12.1 Å². The molecule has 0 aliphatic rings. The molecule has 0 aliphatic heterocycles. The van der Waals surface area contributed by atoms with Gasteiger partial charge in [0.15, 0.2) is 16.9 Å². The summed E-state index contributed by atoms with van der Waals surface area (Å²) in [5.41, 5.74) is 0.826. The van der Waals surface area contributed by atoms with Crippen LogP contribution in [-0.2, 0) is 23.9 Å². The zero-order chi connectivity index (χ0) is 11.5. The number of hydrogen-bond donors (Lipinski definition) is 1. The molecule has 1 unspecified atom stereocenters. The molecular formula is C9H10N4O2S. The minimum Gasteiger partial charge on any atom is -0.313 e. The number of hydrogen-bond acceptors (Lipinski definition) is 4. The molecule has 0 saturated heterocycles. The van der Waals surface area contributed by atoms with Gasteiger partial charge in [0.2, 0.25) is 0 Å². The van der Waals surface area contributed by atoms with Gasteiger partial charge in [-0.2, -0.15) is 0 Å². The first kappa shape index (κ1) is 10.9. The summed E-state index contributed by atoms with van der Waals surface area (Å²) >= 11 is -1.91. The van der Waals surface area contributed by atoms with Crippen LogP contribution in [0.5, 0.6) is 0 Å². The van der Waals surface area contributed by atoms with E-state index >= 15 is 0 Å². The van der Waals surface area contributed by atoms with Crippen LogP contribution in [0.4, 0.5) is 0 Å². The molecule has 2 rings (SSSR count). The van der Waals surface area contributed by atoms with E-state index in [0.29, 0.717) is 11.6 Å². The maximum Gasteiger partial charge on any atom is 0.165 e. The molecule has 2 heterocycles. The van der Waals surface area contributed by atoms with Crippen molar-refractivity contribution in [2.45, 2.75) is 5.75 Å². The topological polar surface area (TPSA) is 80.9 Å². The Morgan fingerprint density at radius 3 is 2.94 bits per heavy atom. The second kappa shape index (κ2) is 4.50. The summed E-state index contributed by atoms with van der Waals surface area (Å²) in [4.78, 5) is 3.98. The van der Waals surface area contributed by atoms with E-state index in [1.807, 2.05) is 6.07 Å². The van der Waals surface area contributed by atoms with E-state index in [9.17, 15) is 4.21 Å². The predicted octanol–water partition coefficient (Wildman–Crippen LogP) is 0.599. The molecular weight excluding hydrogens is 228 g/mol. The van der Waals surface area contributed by atoms with Gasteiger partial charge < -0.3 is 9.12 Å². The third-order valence-corrected chi connectivity index (χ3v) is 2.64. The van der Waals surface area contributed by atoms with Crippen LogP contribution in [0.1, 0.15) is 5.82 Å². The van der Waals surface area contributed by atoms with Crippen molar-refractivity contribution in [1.29, 1.82) is 0 Å². The summed E-state index contributed by atoms with van der Waals surface area (Å²) in [5, 5.41) is 7.83. The van der Waals surface area contributed by atoms with Gasteiger partial charge in [-0.25, -0.2) is 4.21 Å². The fourth-order valence-corrected chi connectivity index (χ4v) is 1.82. The van der Waals surface area contributed by atoms with Crippen molar-refractivity contribution in [3.8, 4) is 11.4 Å². The molecule has 2 aromatic heterocycles. The third kappa shape index (κ3) is 2.15. The Morgan fingerprint density at radius 2 is 2.31 bits per heavy atom. The second-order valence-electron chi connectivity index (χ2n) is 3.21. The summed E-state index contributed by atoms with van der Waals surface area (Å²) < 4.78 is 21.2. The zero-order valence-electron chi connectivity index (χ0n) is 8.57. The van der Waals surface area contributed by atoms with Crippen LogP contribution in [0.25, 0.3) is 11.4 Å². The van der Waals surface area contributed by atoms with Crippen LogP contribution in [0.2, 0.25) is 0 Å². The van der Waals surface area contributed by atoms with E-state index in [0.717, 1.165) is 5.56 Å². The summed E-state index contributed by atoms with van der Waals surface area (Å²) in [6.45, 7) is 0. The molecule has 0 saturated carbocycles. The molecule has 1 atom stereocenters. The minimum atomic E-state index is -1.91. The standard InChI is InChI=1S/C9H10N4O2S/c1-13-8(6-16(14)15)11-12-9(13)7-3-2-4-10-5-7/h2-5H,6H2,1H3,(H,14,15). The Kier molecular flexibility index (Phi) is 3.07. The van der Waals surface area contributed by atoms with Gasteiger partial charge in [0, 0.05) is 25.0 Å². The maximum atomic E-state index is 10.7. The molecule has 0 fully saturated rings. The van der Waals surface area contributed by atoms with Crippen LogP contribution < -0.4 is 0 Å². The molecule has 0 aliphatic carbocycles. The molecule has 84 valence electrons. The van der Waals surface area contributed by atoms with E-state index in [-0.39, 0.29) is 5.75 Å². The lowest BCUT2D eigenvalue weighted by Gasteiger charge is -2.01. The first-order chi connectivity index (χ1) is 7.68. The third-order valence-electron chi connectivity index (χ3n) is 2.14. The summed E-state index contributed by atoms with van der Waals surface area (Å²) in [5.74, 6) is 1.08. The fourth-order valence-electron chi connectivity index (χ4n) is 1.34. The van der Waals surface area contributed by atoms with Crippen LogP contribution in [0, 0.1) is 0 Å². The Balaban J connectivity index is 2.37. The SMILES string of the molecule is Cn1c(CS(=O)O)nnc1-c1cccnc1. The smallest absolute Gasteiger partial charge is 0.165 e. The normalized spacial score (nSPS) is 12.6. The molecule has 2 aromatic rings. The molecule has 1 N–H and O–H groups in total. The molecule has 6 nitrogen and oxygen atoms in total. The van der Waals surface area contributed by atoms with Crippen molar-refractivity contribution in [3.05, 3.63) is 30.4 Å². The first-order valence-electron chi connectivity index (χ1n) is 4.54.